The number of anilines is 1. The molecule has 1 aromatic heterocycles. The number of hydrogen-bond acceptors (Lipinski definition) is 10. The first-order chi connectivity index (χ1) is 26.4. The number of amides is 2. The highest BCUT2D eigenvalue weighted by molar-refractivity contribution is 7.92. The first-order valence-electron chi connectivity index (χ1n) is 18.9. The van der Waals surface area contributed by atoms with Crippen LogP contribution in [0.5, 0.6) is 11.6 Å². The van der Waals surface area contributed by atoms with Crippen LogP contribution in [0, 0.1) is 17.8 Å². The minimum atomic E-state index is -3.79. The predicted octanol–water partition coefficient (Wildman–Crippen LogP) is 5.13. The van der Waals surface area contributed by atoms with Crippen molar-refractivity contribution in [1.29, 1.82) is 0 Å². The minimum absolute atomic E-state index is 0.0306. The van der Waals surface area contributed by atoms with Gasteiger partial charge in [0.15, 0.2) is 0 Å². The van der Waals surface area contributed by atoms with Crippen LogP contribution in [0.25, 0.3) is 0 Å². The Morgan fingerprint density at radius 2 is 1.98 bits per heavy atom. The average Bonchev–Trinajstić information content (AvgIpc) is 3.47. The van der Waals surface area contributed by atoms with Gasteiger partial charge in [-0.2, -0.15) is 0 Å². The van der Waals surface area contributed by atoms with Crippen LogP contribution in [-0.4, -0.2) is 96.0 Å². The topological polar surface area (TPSA) is 154 Å². The Morgan fingerprint density at radius 3 is 2.73 bits per heavy atom. The number of aromatic nitrogens is 2. The third-order valence-corrected chi connectivity index (χ3v) is 13.7. The van der Waals surface area contributed by atoms with Crippen molar-refractivity contribution in [2.45, 2.75) is 56.7 Å². The van der Waals surface area contributed by atoms with E-state index in [1.807, 2.05) is 25.1 Å². The van der Waals surface area contributed by atoms with E-state index < -0.39 is 33.8 Å². The molecule has 15 heteroatoms. The number of carbonyl (C=O) groups excluding carboxylic acids is 2. The van der Waals surface area contributed by atoms with Crippen LogP contribution >= 0.6 is 11.6 Å². The third kappa shape index (κ3) is 8.15. The molecule has 3 aromatic rings. The molecule has 7 rings (SSSR count). The summed E-state index contributed by atoms with van der Waals surface area (Å²) in [5.74, 6) is -1.06. The van der Waals surface area contributed by atoms with Crippen LogP contribution in [0.2, 0.25) is 5.02 Å². The van der Waals surface area contributed by atoms with Gasteiger partial charge in [-0.05, 0) is 85.4 Å². The molecule has 3 heterocycles. The normalized spacial score (nSPS) is 29.8. The van der Waals surface area contributed by atoms with Gasteiger partial charge >= 0.3 is 0 Å². The quantitative estimate of drug-likeness (QED) is 0.308. The standard InChI is InChI=1S/C40H50ClN5O8S/c1-25-22-55(50,44-38(49)31-21-45(2)42-39(31)52-4)43-37(48)27-8-12-36-33(19-27)46(20-28-7-10-30(28)35(51-3)14-13-34(25)53-17-16-47)23-40(24-54-36)15-5-6-26-18-29(41)9-11-32(26)40/h8-9,11-14,18-19,21,25,28,30,34-35,47H,5-7,10,15-17,20,22-24H2,1-4H3,(H,43,44,48,49,50)/b14-13+/t25-,28+,30-,34+,35+,40+,55+/m1/s1. The smallest absolute Gasteiger partial charge is 0.286 e. The summed E-state index contributed by atoms with van der Waals surface area (Å²) in [6.07, 6.45) is 9.31. The Labute approximate surface area is 327 Å². The van der Waals surface area contributed by atoms with Gasteiger partial charge in [0.05, 0.1) is 50.6 Å². The largest absolute Gasteiger partial charge is 0.490 e. The van der Waals surface area contributed by atoms with E-state index in [0.29, 0.717) is 30.5 Å². The Kier molecular flexibility index (Phi) is 11.6. The Morgan fingerprint density at radius 1 is 1.16 bits per heavy atom. The van der Waals surface area contributed by atoms with Gasteiger partial charge in [0.2, 0.25) is 5.88 Å². The number of fused-ring (bicyclic) bond motifs is 4. The van der Waals surface area contributed by atoms with E-state index in [2.05, 4.69) is 31.2 Å². The molecule has 1 spiro atoms. The SMILES string of the molecule is COc1nn(C)cc1C(=O)N[S@@]1(=O)=NC(=O)c2ccc3c(c2)N(C[C@@H]2CC[C@H]2[C@@H](OC)/C=C/[C@H](OCCO)[C@H](C)C1)C[C@@]1(CCCc2cc(Cl)ccc21)CO3. The van der Waals surface area contributed by atoms with Crippen molar-refractivity contribution in [1.82, 2.24) is 14.5 Å². The monoisotopic (exact) mass is 795 g/mol. The fraction of sp³-hybridized carbons (Fsp3) is 0.525. The summed E-state index contributed by atoms with van der Waals surface area (Å²) in [5.41, 5.74) is 3.18. The molecule has 2 N–H and O–H groups in total. The fourth-order valence-corrected chi connectivity index (χ4v) is 10.8. The van der Waals surface area contributed by atoms with Crippen molar-refractivity contribution in [2.75, 3.05) is 57.8 Å². The van der Waals surface area contributed by atoms with Crippen LogP contribution < -0.4 is 19.1 Å². The second-order valence-electron chi connectivity index (χ2n) is 15.3. The highest BCUT2D eigenvalue weighted by atomic mass is 35.5. The maximum absolute atomic E-state index is 14.9. The summed E-state index contributed by atoms with van der Waals surface area (Å²) < 4.78 is 47.2. The minimum Gasteiger partial charge on any atom is -0.490 e. The summed E-state index contributed by atoms with van der Waals surface area (Å²) in [5, 5.41) is 14.5. The molecule has 0 radical (unpaired) electrons. The number of rotatable bonds is 7. The highest BCUT2D eigenvalue weighted by Gasteiger charge is 2.44. The van der Waals surface area contributed by atoms with E-state index >= 15 is 0 Å². The van der Waals surface area contributed by atoms with Crippen LogP contribution in [0.15, 0.2) is 59.1 Å². The van der Waals surface area contributed by atoms with E-state index in [4.69, 9.17) is 30.5 Å². The lowest BCUT2D eigenvalue weighted by molar-refractivity contribution is 0.00913. The molecule has 4 aliphatic rings. The van der Waals surface area contributed by atoms with Gasteiger partial charge in [0.25, 0.3) is 11.8 Å². The van der Waals surface area contributed by atoms with Crippen molar-refractivity contribution in [3.8, 4) is 11.6 Å². The summed E-state index contributed by atoms with van der Waals surface area (Å²) in [7, 11) is 0.921. The second-order valence-corrected chi connectivity index (χ2v) is 17.7. The highest BCUT2D eigenvalue weighted by Crippen LogP contribution is 2.47. The molecule has 7 atom stereocenters. The zero-order valence-corrected chi connectivity index (χ0v) is 33.3. The van der Waals surface area contributed by atoms with Crippen molar-refractivity contribution < 1.29 is 37.9 Å². The molecule has 2 amide bonds. The number of benzene rings is 2. The predicted molar refractivity (Wildman–Crippen MR) is 209 cm³/mol. The molecule has 0 saturated heterocycles. The molecule has 55 heavy (non-hydrogen) atoms. The summed E-state index contributed by atoms with van der Waals surface area (Å²) in [6, 6.07) is 11.4. The molecule has 1 saturated carbocycles. The molecule has 2 bridgehead atoms. The molecule has 0 unspecified atom stereocenters. The Balaban J connectivity index is 1.33. The average molecular weight is 796 g/mol. The van der Waals surface area contributed by atoms with E-state index in [1.165, 1.54) is 29.1 Å². The Hall–Kier alpha value is -3.95. The maximum atomic E-state index is 14.9. The number of aryl methyl sites for hydroxylation is 2. The zero-order valence-electron chi connectivity index (χ0n) is 31.7. The molecule has 296 valence electrons. The number of carbonyl (C=O) groups is 2. The van der Waals surface area contributed by atoms with Crippen LogP contribution in [0.4, 0.5) is 5.69 Å². The Bertz CT molecular complexity index is 2080. The maximum Gasteiger partial charge on any atom is 0.286 e. The number of nitrogens with zero attached hydrogens (tertiary/aromatic N) is 4. The fourth-order valence-electron chi connectivity index (χ4n) is 8.71. The molecular formula is C40H50ClN5O8S. The van der Waals surface area contributed by atoms with Gasteiger partial charge in [0.1, 0.15) is 21.2 Å². The first-order valence-corrected chi connectivity index (χ1v) is 20.9. The van der Waals surface area contributed by atoms with Crippen LogP contribution in [0.1, 0.15) is 64.4 Å². The van der Waals surface area contributed by atoms with Gasteiger partial charge in [0, 0.05) is 55.4 Å². The number of nitrogens with one attached hydrogen (secondary N) is 1. The number of methoxy groups -OCH3 is 2. The van der Waals surface area contributed by atoms with Crippen LogP contribution in [0.3, 0.4) is 0 Å². The number of halogens is 1. The van der Waals surface area contributed by atoms with E-state index in [-0.39, 0.29) is 59.3 Å². The van der Waals surface area contributed by atoms with Crippen LogP contribution in [-0.2, 0) is 38.3 Å². The van der Waals surface area contributed by atoms with Gasteiger partial charge in [-0.1, -0.05) is 36.7 Å². The van der Waals surface area contributed by atoms with Crippen molar-refractivity contribution in [3.05, 3.63) is 82.0 Å². The molecular weight excluding hydrogens is 746 g/mol. The second kappa shape index (κ2) is 16.3. The summed E-state index contributed by atoms with van der Waals surface area (Å²) in [4.78, 5) is 30.2. The van der Waals surface area contributed by atoms with Gasteiger partial charge in [-0.25, -0.2) is 4.21 Å². The first kappa shape index (κ1) is 39.3. The molecule has 2 aromatic carbocycles. The van der Waals surface area contributed by atoms with Gasteiger partial charge in [-0.15, -0.1) is 9.46 Å². The van der Waals surface area contributed by atoms with Crippen molar-refractivity contribution in [3.63, 3.8) is 0 Å². The number of hydrogen-bond donors (Lipinski definition) is 2. The molecule has 2 aliphatic heterocycles. The lowest BCUT2D eigenvalue weighted by Gasteiger charge is -2.46. The van der Waals surface area contributed by atoms with Gasteiger partial charge < -0.3 is 29.0 Å². The van der Waals surface area contributed by atoms with E-state index in [1.54, 1.807) is 32.4 Å². The van der Waals surface area contributed by atoms with Gasteiger partial charge in [-0.3, -0.25) is 19.0 Å². The third-order valence-electron chi connectivity index (χ3n) is 11.6. The molecule has 13 nitrogen and oxygen atoms in total. The van der Waals surface area contributed by atoms with E-state index in [9.17, 15) is 18.9 Å². The number of ether oxygens (including phenoxy) is 4. The lowest BCUT2D eigenvalue weighted by Crippen LogP contribution is -2.49. The summed E-state index contributed by atoms with van der Waals surface area (Å²) in [6.45, 7) is 3.45. The van der Waals surface area contributed by atoms with Crippen molar-refractivity contribution >= 4 is 39.0 Å². The lowest BCUT2D eigenvalue weighted by atomic mass is 9.68. The molecule has 2 aliphatic carbocycles. The van der Waals surface area contributed by atoms with Crippen molar-refractivity contribution in [2.24, 2.45) is 29.2 Å². The molecule has 1 fully saturated rings. The number of aliphatic hydroxyl groups is 1. The zero-order chi connectivity index (χ0) is 38.9. The number of aliphatic hydroxyl groups excluding tert-OH is 1. The summed E-state index contributed by atoms with van der Waals surface area (Å²) >= 11 is 6.47. The van der Waals surface area contributed by atoms with E-state index in [0.717, 1.165) is 37.8 Å².